The number of aliphatic carboxylic acids is 2. The summed E-state index contributed by atoms with van der Waals surface area (Å²) in [6.45, 7) is 0. The van der Waals surface area contributed by atoms with Crippen LogP contribution in [0.5, 0.6) is 0 Å². The zero-order valence-electron chi connectivity index (χ0n) is 10.2. The number of carboxylic acids is 2. The number of nitrogens with two attached hydrogens (primary N) is 1. The maximum atomic E-state index is 10.8. The molecule has 0 radical (unpaired) electrons. The second-order valence-electron chi connectivity index (χ2n) is 3.65. The number of hydrogen-bond donors (Lipinski definition) is 4. The molecule has 1 aromatic carbocycles. The number of fused-ring (bicyclic) bond motifs is 1. The van der Waals surface area contributed by atoms with Crippen molar-refractivity contribution >= 4 is 28.7 Å². The third-order valence-electron chi connectivity index (χ3n) is 2.21. The number of H-pyrrole nitrogens is 1. The number of primary amides is 1. The predicted octanol–water partition coefficient (Wildman–Crippen LogP) is 0.979. The molecular weight excluding hydrogens is 264 g/mol. The van der Waals surface area contributed by atoms with Gasteiger partial charge in [0.25, 0.3) is 0 Å². The fourth-order valence-corrected chi connectivity index (χ4v) is 1.35. The van der Waals surface area contributed by atoms with Crippen LogP contribution in [0.15, 0.2) is 42.6 Å². The summed E-state index contributed by atoms with van der Waals surface area (Å²) in [5.74, 6) is -2.90. The second kappa shape index (κ2) is 6.74. The van der Waals surface area contributed by atoms with Crippen molar-refractivity contribution in [1.29, 1.82) is 0 Å². The highest BCUT2D eigenvalue weighted by atomic mass is 16.4. The molecule has 0 aliphatic rings. The Morgan fingerprint density at radius 3 is 2.15 bits per heavy atom. The fraction of sp³-hybridized carbons (Fsp3) is 0. The summed E-state index contributed by atoms with van der Waals surface area (Å²) in [7, 11) is 0. The monoisotopic (exact) mass is 276 g/mol. The molecular formula is C13H12N2O5. The average Bonchev–Trinajstić information content (AvgIpc) is 2.84. The molecule has 104 valence electrons. The number of carbonyl (C=O) groups excluding carboxylic acids is 1. The van der Waals surface area contributed by atoms with Crippen molar-refractivity contribution in [3.63, 3.8) is 0 Å². The van der Waals surface area contributed by atoms with Crippen LogP contribution in [0.1, 0.15) is 10.4 Å². The van der Waals surface area contributed by atoms with E-state index in [4.69, 9.17) is 15.9 Å². The lowest BCUT2D eigenvalue weighted by atomic mass is 10.1. The van der Waals surface area contributed by atoms with Gasteiger partial charge in [0.2, 0.25) is 5.91 Å². The van der Waals surface area contributed by atoms with Crippen molar-refractivity contribution in [2.45, 2.75) is 0 Å². The van der Waals surface area contributed by atoms with Crippen molar-refractivity contribution in [3.05, 3.63) is 48.2 Å². The predicted molar refractivity (Wildman–Crippen MR) is 71.2 cm³/mol. The topological polar surface area (TPSA) is 133 Å². The molecule has 7 nitrogen and oxygen atoms in total. The molecule has 0 spiro atoms. The molecule has 0 saturated heterocycles. The second-order valence-corrected chi connectivity index (χ2v) is 3.65. The Morgan fingerprint density at radius 2 is 1.65 bits per heavy atom. The van der Waals surface area contributed by atoms with Crippen LogP contribution in [-0.4, -0.2) is 33.0 Å². The maximum absolute atomic E-state index is 10.8. The highest BCUT2D eigenvalue weighted by molar-refractivity contribution is 5.96. The molecule has 5 N–H and O–H groups in total. The minimum absolute atomic E-state index is 0.391. The number of benzene rings is 1. The van der Waals surface area contributed by atoms with Crippen LogP contribution in [0.25, 0.3) is 10.9 Å². The Morgan fingerprint density at radius 1 is 1.05 bits per heavy atom. The van der Waals surface area contributed by atoms with Gasteiger partial charge in [-0.15, -0.1) is 0 Å². The van der Waals surface area contributed by atoms with Crippen LogP contribution < -0.4 is 5.73 Å². The van der Waals surface area contributed by atoms with E-state index in [1.54, 1.807) is 12.1 Å². The Bertz CT molecular complexity index is 656. The number of aromatic amines is 1. The van der Waals surface area contributed by atoms with Crippen molar-refractivity contribution < 1.29 is 24.6 Å². The van der Waals surface area contributed by atoms with Gasteiger partial charge < -0.3 is 20.9 Å². The van der Waals surface area contributed by atoms with Gasteiger partial charge in [-0.25, -0.2) is 9.59 Å². The zero-order valence-corrected chi connectivity index (χ0v) is 10.2. The van der Waals surface area contributed by atoms with E-state index in [0.29, 0.717) is 17.7 Å². The third-order valence-corrected chi connectivity index (χ3v) is 2.21. The lowest BCUT2D eigenvalue weighted by molar-refractivity contribution is -0.134. The Labute approximate surface area is 113 Å². The quantitative estimate of drug-likeness (QED) is 0.620. The van der Waals surface area contributed by atoms with Crippen LogP contribution >= 0.6 is 0 Å². The average molecular weight is 276 g/mol. The van der Waals surface area contributed by atoms with Crippen LogP contribution in [0, 0.1) is 0 Å². The SMILES string of the molecule is NC(=O)c1ccc2[nH]ccc2c1.O=C(O)/C=C\C(=O)O. The minimum atomic E-state index is -1.26. The van der Waals surface area contributed by atoms with Gasteiger partial charge in [0, 0.05) is 34.8 Å². The molecule has 0 bridgehead atoms. The van der Waals surface area contributed by atoms with Gasteiger partial charge in [0.1, 0.15) is 0 Å². The summed E-state index contributed by atoms with van der Waals surface area (Å²) in [4.78, 5) is 32.9. The number of hydrogen-bond acceptors (Lipinski definition) is 3. The number of rotatable bonds is 3. The summed E-state index contributed by atoms with van der Waals surface area (Å²) in [6.07, 6.45) is 2.94. The number of carboxylic acid groups (broad SMARTS) is 2. The normalized spacial score (nSPS) is 10.0. The molecule has 2 aromatic rings. The first-order valence-electron chi connectivity index (χ1n) is 5.41. The number of nitrogens with one attached hydrogen (secondary N) is 1. The molecule has 1 aromatic heterocycles. The van der Waals surface area contributed by atoms with Gasteiger partial charge in [0.15, 0.2) is 0 Å². The highest BCUT2D eigenvalue weighted by Crippen LogP contribution is 2.13. The first-order valence-corrected chi connectivity index (χ1v) is 5.41. The van der Waals surface area contributed by atoms with Gasteiger partial charge in [-0.05, 0) is 24.3 Å². The minimum Gasteiger partial charge on any atom is -0.478 e. The molecule has 7 heteroatoms. The zero-order chi connectivity index (χ0) is 15.1. The Kier molecular flexibility index (Phi) is 5.04. The van der Waals surface area contributed by atoms with Crippen molar-refractivity contribution in [1.82, 2.24) is 4.98 Å². The fourth-order valence-electron chi connectivity index (χ4n) is 1.35. The first kappa shape index (κ1) is 15.0. The molecule has 1 heterocycles. The van der Waals surface area contributed by atoms with E-state index in [9.17, 15) is 14.4 Å². The van der Waals surface area contributed by atoms with Crippen molar-refractivity contribution in [2.24, 2.45) is 5.73 Å². The molecule has 0 aliphatic carbocycles. The molecule has 0 atom stereocenters. The van der Waals surface area contributed by atoms with E-state index in [1.807, 2.05) is 18.3 Å². The highest BCUT2D eigenvalue weighted by Gasteiger charge is 2.00. The van der Waals surface area contributed by atoms with Gasteiger partial charge in [0.05, 0.1) is 0 Å². The standard InChI is InChI=1S/C9H8N2O.C4H4O4/c10-9(12)7-1-2-8-6(5-7)3-4-11-8;5-3(6)1-2-4(7)8/h1-5,11H,(H2,10,12);1-2H,(H,5,6)(H,7,8)/b;2-1-. The Hall–Kier alpha value is -3.09. The van der Waals surface area contributed by atoms with E-state index < -0.39 is 17.8 Å². The van der Waals surface area contributed by atoms with Crippen molar-refractivity contribution in [2.75, 3.05) is 0 Å². The van der Waals surface area contributed by atoms with E-state index in [2.05, 4.69) is 4.98 Å². The van der Waals surface area contributed by atoms with Crippen LogP contribution in [0.3, 0.4) is 0 Å². The number of aromatic nitrogens is 1. The van der Waals surface area contributed by atoms with E-state index in [-0.39, 0.29) is 0 Å². The van der Waals surface area contributed by atoms with Crippen molar-refractivity contribution in [3.8, 4) is 0 Å². The molecule has 0 saturated carbocycles. The first-order chi connectivity index (χ1) is 9.40. The third kappa shape index (κ3) is 4.65. The van der Waals surface area contributed by atoms with E-state index in [0.717, 1.165) is 10.9 Å². The summed E-state index contributed by atoms with van der Waals surface area (Å²) in [5, 5.41) is 16.6. The van der Waals surface area contributed by atoms with E-state index in [1.165, 1.54) is 0 Å². The molecule has 0 aliphatic heterocycles. The van der Waals surface area contributed by atoms with Crippen LogP contribution in [-0.2, 0) is 9.59 Å². The summed E-state index contributed by atoms with van der Waals surface area (Å²) in [6, 6.07) is 7.23. The van der Waals surface area contributed by atoms with Gasteiger partial charge in [-0.3, -0.25) is 4.79 Å². The largest absolute Gasteiger partial charge is 0.478 e. The number of carbonyl (C=O) groups is 3. The molecule has 0 unspecified atom stereocenters. The molecule has 2 rings (SSSR count). The van der Waals surface area contributed by atoms with Crippen LogP contribution in [0.2, 0.25) is 0 Å². The summed E-state index contributed by atoms with van der Waals surface area (Å²) < 4.78 is 0. The lowest BCUT2D eigenvalue weighted by Gasteiger charge is -1.94. The maximum Gasteiger partial charge on any atom is 0.328 e. The van der Waals surface area contributed by atoms with Gasteiger partial charge in [-0.1, -0.05) is 0 Å². The molecule has 0 fully saturated rings. The summed E-state index contributed by atoms with van der Waals surface area (Å²) >= 11 is 0. The van der Waals surface area contributed by atoms with E-state index >= 15 is 0 Å². The molecule has 20 heavy (non-hydrogen) atoms. The van der Waals surface area contributed by atoms with Gasteiger partial charge >= 0.3 is 11.9 Å². The lowest BCUT2D eigenvalue weighted by Crippen LogP contribution is -2.10. The molecule has 1 amide bonds. The Balaban J connectivity index is 0.000000221. The van der Waals surface area contributed by atoms with Gasteiger partial charge in [-0.2, -0.15) is 0 Å². The summed E-state index contributed by atoms with van der Waals surface area (Å²) in [5.41, 5.74) is 6.68. The number of amides is 1. The van der Waals surface area contributed by atoms with Crippen LogP contribution in [0.4, 0.5) is 0 Å². The smallest absolute Gasteiger partial charge is 0.328 e.